The van der Waals surface area contributed by atoms with E-state index in [2.05, 4.69) is 15.0 Å². The number of ether oxygens (including phenoxy) is 2. The van der Waals surface area contributed by atoms with E-state index in [4.69, 9.17) is 15.2 Å². The van der Waals surface area contributed by atoms with Crippen molar-refractivity contribution in [1.29, 1.82) is 0 Å². The fraction of sp³-hybridized carbons (Fsp3) is 0.455. The van der Waals surface area contributed by atoms with Crippen LogP contribution in [0.1, 0.15) is 47.2 Å². The lowest BCUT2D eigenvalue weighted by molar-refractivity contribution is -0.139. The third kappa shape index (κ3) is 6.04. The zero-order valence-corrected chi connectivity index (χ0v) is 19.5. The first-order chi connectivity index (χ1) is 15.5. The van der Waals surface area contributed by atoms with Gasteiger partial charge in [-0.05, 0) is 38.0 Å². The van der Waals surface area contributed by atoms with Crippen molar-refractivity contribution < 1.29 is 27.4 Å². The van der Waals surface area contributed by atoms with Gasteiger partial charge in [0.25, 0.3) is 0 Å². The molecule has 2 atom stereocenters. The molecule has 0 spiro atoms. The SMILES string of the molecule is CO[C@@H](C)c1c(CC(=O)Cc2cnc(OC[C@H](C)N)c(C(F)(F)F)c2)cnc2sc(C)nc12. The number of aryl methyl sites for hydroxylation is 1. The number of methoxy groups -OCH3 is 1. The molecule has 0 unspecified atom stereocenters. The molecule has 0 aliphatic carbocycles. The maximum absolute atomic E-state index is 13.5. The highest BCUT2D eigenvalue weighted by Gasteiger charge is 2.36. The molecule has 0 saturated heterocycles. The number of nitrogens with zero attached hydrogens (tertiary/aromatic N) is 3. The minimum Gasteiger partial charge on any atom is -0.476 e. The van der Waals surface area contributed by atoms with Crippen LogP contribution < -0.4 is 10.5 Å². The number of ketones is 1. The Morgan fingerprint density at radius 3 is 2.58 bits per heavy atom. The van der Waals surface area contributed by atoms with Gasteiger partial charge in [-0.1, -0.05) is 11.3 Å². The van der Waals surface area contributed by atoms with Crippen LogP contribution in [-0.2, 0) is 28.5 Å². The van der Waals surface area contributed by atoms with Crippen molar-refractivity contribution in [2.75, 3.05) is 13.7 Å². The summed E-state index contributed by atoms with van der Waals surface area (Å²) in [5, 5.41) is 0.836. The van der Waals surface area contributed by atoms with Gasteiger partial charge in [0, 0.05) is 44.0 Å². The summed E-state index contributed by atoms with van der Waals surface area (Å²) in [5.74, 6) is -0.840. The van der Waals surface area contributed by atoms with Crippen LogP contribution in [0.2, 0.25) is 0 Å². The van der Waals surface area contributed by atoms with E-state index in [1.54, 1.807) is 20.2 Å². The normalized spacial score (nSPS) is 13.8. The minimum atomic E-state index is -4.68. The molecule has 0 aromatic carbocycles. The molecule has 3 heterocycles. The molecule has 2 N–H and O–H groups in total. The Morgan fingerprint density at radius 1 is 1.21 bits per heavy atom. The van der Waals surface area contributed by atoms with Crippen molar-refractivity contribution in [3.8, 4) is 5.88 Å². The molecule has 11 heteroatoms. The number of pyridine rings is 2. The molecule has 0 radical (unpaired) electrons. The number of thiazole rings is 1. The van der Waals surface area contributed by atoms with E-state index in [1.807, 2.05) is 13.8 Å². The van der Waals surface area contributed by atoms with Crippen molar-refractivity contribution >= 4 is 27.5 Å². The largest absolute Gasteiger partial charge is 0.476 e. The first-order valence-electron chi connectivity index (χ1n) is 10.2. The highest BCUT2D eigenvalue weighted by Crippen LogP contribution is 2.36. The smallest absolute Gasteiger partial charge is 0.421 e. The first kappa shape index (κ1) is 25.0. The van der Waals surface area contributed by atoms with E-state index in [-0.39, 0.29) is 36.9 Å². The van der Waals surface area contributed by atoms with Gasteiger partial charge in [0.1, 0.15) is 28.3 Å². The van der Waals surface area contributed by atoms with Crippen LogP contribution >= 0.6 is 11.3 Å². The van der Waals surface area contributed by atoms with E-state index in [1.165, 1.54) is 17.5 Å². The molecule has 7 nitrogen and oxygen atoms in total. The monoisotopic (exact) mass is 482 g/mol. The lowest BCUT2D eigenvalue weighted by Crippen LogP contribution is -2.25. The predicted molar refractivity (Wildman–Crippen MR) is 118 cm³/mol. The van der Waals surface area contributed by atoms with Crippen LogP contribution in [0.4, 0.5) is 13.2 Å². The van der Waals surface area contributed by atoms with Crippen LogP contribution in [0.15, 0.2) is 18.5 Å². The molecule has 33 heavy (non-hydrogen) atoms. The standard InChI is InChI=1S/C22H25F3N4O3S/c1-11(26)10-32-20-17(22(23,24)25)6-14(8-27-20)5-16(30)7-15-9-28-21-19(29-13(3)33-21)18(15)12(2)31-4/h6,8-9,11-12H,5,7,10,26H2,1-4H3/t11-,12-/m0/s1. The Hall–Kier alpha value is -2.63. The Labute approximate surface area is 193 Å². The second-order valence-corrected chi connectivity index (χ2v) is 9.02. The van der Waals surface area contributed by atoms with Crippen LogP contribution in [0.5, 0.6) is 5.88 Å². The summed E-state index contributed by atoms with van der Waals surface area (Å²) in [5.41, 5.74) is 6.72. The topological polar surface area (TPSA) is 100 Å². The number of carbonyl (C=O) groups is 1. The van der Waals surface area contributed by atoms with Crippen molar-refractivity contribution in [3.63, 3.8) is 0 Å². The van der Waals surface area contributed by atoms with Gasteiger partial charge in [-0.2, -0.15) is 13.2 Å². The Morgan fingerprint density at radius 2 is 1.94 bits per heavy atom. The van der Waals surface area contributed by atoms with E-state index >= 15 is 0 Å². The first-order valence-corrected chi connectivity index (χ1v) is 11.0. The maximum Gasteiger partial charge on any atom is 0.421 e. The lowest BCUT2D eigenvalue weighted by atomic mass is 9.97. The third-order valence-electron chi connectivity index (χ3n) is 4.90. The van der Waals surface area contributed by atoms with Crippen molar-refractivity contribution in [3.05, 3.63) is 45.7 Å². The molecule has 0 aliphatic rings. The number of hydrogen-bond donors (Lipinski definition) is 1. The van der Waals surface area contributed by atoms with Gasteiger partial charge in [0.2, 0.25) is 5.88 Å². The van der Waals surface area contributed by atoms with Gasteiger partial charge in [-0.15, -0.1) is 0 Å². The highest BCUT2D eigenvalue weighted by atomic mass is 32.1. The van der Waals surface area contributed by atoms with Crippen LogP contribution in [0.25, 0.3) is 10.3 Å². The van der Waals surface area contributed by atoms with Gasteiger partial charge >= 0.3 is 6.18 Å². The molecule has 3 rings (SSSR count). The van der Waals surface area contributed by atoms with Crippen molar-refractivity contribution in [2.24, 2.45) is 5.73 Å². The summed E-state index contributed by atoms with van der Waals surface area (Å²) in [6.07, 6.45) is -2.44. The number of halogens is 3. The lowest BCUT2D eigenvalue weighted by Gasteiger charge is -2.16. The molecule has 3 aromatic rings. The molecule has 0 fully saturated rings. The van der Waals surface area contributed by atoms with Gasteiger partial charge in [0.15, 0.2) is 0 Å². The second-order valence-electron chi connectivity index (χ2n) is 7.84. The predicted octanol–water partition coefficient (Wildman–Crippen LogP) is 4.20. The van der Waals surface area contributed by atoms with Gasteiger partial charge in [-0.25, -0.2) is 15.0 Å². The Balaban J connectivity index is 1.86. The number of aromatic nitrogens is 3. The number of hydrogen-bond acceptors (Lipinski definition) is 8. The summed E-state index contributed by atoms with van der Waals surface area (Å²) in [6, 6.07) is 0.441. The van der Waals surface area contributed by atoms with Gasteiger partial charge in [-0.3, -0.25) is 4.79 Å². The van der Waals surface area contributed by atoms with Crippen molar-refractivity contribution in [1.82, 2.24) is 15.0 Å². The molecule has 0 aliphatic heterocycles. The Bertz CT molecular complexity index is 1150. The van der Waals surface area contributed by atoms with Crippen LogP contribution in [0, 0.1) is 6.92 Å². The maximum atomic E-state index is 13.5. The number of nitrogens with two attached hydrogens (primary N) is 1. The average molecular weight is 483 g/mol. The number of fused-ring (bicyclic) bond motifs is 1. The fourth-order valence-electron chi connectivity index (χ4n) is 3.37. The van der Waals surface area contributed by atoms with E-state index in [9.17, 15) is 18.0 Å². The van der Waals surface area contributed by atoms with Gasteiger partial charge < -0.3 is 15.2 Å². The highest BCUT2D eigenvalue weighted by molar-refractivity contribution is 7.18. The number of alkyl halides is 3. The summed E-state index contributed by atoms with van der Waals surface area (Å²) in [4.78, 5) is 26.2. The second kappa shape index (κ2) is 10.1. The molecule has 0 amide bonds. The van der Waals surface area contributed by atoms with Crippen molar-refractivity contribution in [2.45, 2.75) is 51.9 Å². The minimum absolute atomic E-state index is 0.0210. The summed E-state index contributed by atoms with van der Waals surface area (Å²) in [7, 11) is 1.56. The molecule has 0 bridgehead atoms. The number of rotatable bonds is 9. The number of Topliss-reactive ketones (excluding diaryl/α,β-unsaturated/α-hetero) is 1. The molecule has 178 valence electrons. The van der Waals surface area contributed by atoms with E-state index < -0.39 is 23.7 Å². The summed E-state index contributed by atoms with van der Waals surface area (Å²) >= 11 is 1.44. The quantitative estimate of drug-likeness (QED) is 0.488. The van der Waals surface area contributed by atoms with Gasteiger partial charge in [0.05, 0.1) is 11.1 Å². The molecular formula is C22H25F3N4O3S. The third-order valence-corrected chi connectivity index (χ3v) is 5.78. The molecule has 3 aromatic heterocycles. The summed E-state index contributed by atoms with van der Waals surface area (Å²) < 4.78 is 51.1. The van der Waals surface area contributed by atoms with Crippen LogP contribution in [-0.4, -0.2) is 40.5 Å². The average Bonchev–Trinajstić information content (AvgIpc) is 3.11. The molecular weight excluding hydrogens is 457 g/mol. The van der Waals surface area contributed by atoms with Crippen LogP contribution in [0.3, 0.4) is 0 Å². The summed E-state index contributed by atoms with van der Waals surface area (Å²) in [6.45, 7) is 5.21. The zero-order valence-electron chi connectivity index (χ0n) is 18.7. The number of carbonyl (C=O) groups excluding carboxylic acids is 1. The Kier molecular flexibility index (Phi) is 7.65. The van der Waals surface area contributed by atoms with E-state index in [0.717, 1.165) is 21.5 Å². The molecule has 0 saturated carbocycles. The van der Waals surface area contributed by atoms with E-state index in [0.29, 0.717) is 11.1 Å². The fourth-order valence-corrected chi connectivity index (χ4v) is 4.15. The zero-order chi connectivity index (χ0) is 24.3.